The average molecular weight is 556 g/mol. The molecule has 0 amide bonds. The van der Waals surface area contributed by atoms with E-state index in [4.69, 9.17) is 15.0 Å². The van der Waals surface area contributed by atoms with Crippen LogP contribution in [0.3, 0.4) is 0 Å². The molecular formula is C36H21N5S. The molecule has 42 heavy (non-hydrogen) atoms. The van der Waals surface area contributed by atoms with Crippen molar-refractivity contribution in [3.63, 3.8) is 0 Å². The Morgan fingerprint density at radius 1 is 0.500 bits per heavy atom. The second-order valence-electron chi connectivity index (χ2n) is 10.3. The fourth-order valence-electron chi connectivity index (χ4n) is 6.03. The van der Waals surface area contributed by atoms with Crippen LogP contribution < -0.4 is 0 Å². The van der Waals surface area contributed by atoms with Gasteiger partial charge in [-0.15, -0.1) is 11.3 Å². The lowest BCUT2D eigenvalue weighted by Crippen LogP contribution is -2.06. The van der Waals surface area contributed by atoms with Crippen LogP contribution in [0.5, 0.6) is 0 Å². The van der Waals surface area contributed by atoms with Crippen LogP contribution in [0.25, 0.3) is 81.5 Å². The van der Waals surface area contributed by atoms with Crippen molar-refractivity contribution in [2.45, 2.75) is 0 Å². The van der Waals surface area contributed by atoms with E-state index in [1.807, 2.05) is 84.4 Å². The molecule has 0 aliphatic rings. The first-order valence-electron chi connectivity index (χ1n) is 13.8. The largest absolute Gasteiger partial charge is 0.276 e. The smallest absolute Gasteiger partial charge is 0.238 e. The first-order valence-corrected chi connectivity index (χ1v) is 14.6. The van der Waals surface area contributed by atoms with E-state index in [1.54, 1.807) is 0 Å². The van der Waals surface area contributed by atoms with Crippen LogP contribution >= 0.6 is 11.3 Å². The minimum absolute atomic E-state index is 0.594. The lowest BCUT2D eigenvalue weighted by Gasteiger charge is -2.12. The molecule has 0 bridgehead atoms. The molecule has 4 aromatic heterocycles. The van der Waals surface area contributed by atoms with Crippen molar-refractivity contribution in [3.8, 4) is 28.7 Å². The van der Waals surface area contributed by atoms with E-state index in [-0.39, 0.29) is 0 Å². The molecule has 0 N–H and O–H groups in total. The van der Waals surface area contributed by atoms with E-state index in [2.05, 4.69) is 64.1 Å². The molecule has 4 heterocycles. The van der Waals surface area contributed by atoms with E-state index in [9.17, 15) is 0 Å². The van der Waals surface area contributed by atoms with Crippen molar-refractivity contribution in [2.24, 2.45) is 0 Å². The molecule has 0 saturated carbocycles. The number of hydrogen-bond acceptors (Lipinski definition) is 5. The minimum Gasteiger partial charge on any atom is -0.276 e. The van der Waals surface area contributed by atoms with Gasteiger partial charge < -0.3 is 0 Å². The molecular weight excluding hydrogens is 534 g/mol. The molecule has 9 aromatic rings. The molecule has 5 nitrogen and oxygen atoms in total. The summed E-state index contributed by atoms with van der Waals surface area (Å²) in [4.78, 5) is 19.7. The normalized spacial score (nSPS) is 11.8. The number of rotatable bonds is 3. The van der Waals surface area contributed by atoms with Gasteiger partial charge in [0.25, 0.3) is 0 Å². The number of benzene rings is 5. The summed E-state index contributed by atoms with van der Waals surface area (Å²) in [5.41, 5.74) is 4.07. The van der Waals surface area contributed by atoms with Crippen molar-refractivity contribution in [2.75, 3.05) is 0 Å². The standard InChI is InChI=1S/C36H21N5S/c1-3-9-22(10-4-1)34-38-35(23-11-5-2-6-12-23)40-36(39-34)41-31-25-19-20-37-21-24(25)15-16-27(31)28-17-18-29-26-13-7-8-14-30(26)42-33(29)32(28)41/h1-21H. The Morgan fingerprint density at radius 2 is 1.14 bits per heavy atom. The molecule has 0 fully saturated rings. The molecule has 0 unspecified atom stereocenters. The van der Waals surface area contributed by atoms with Gasteiger partial charge in [0.05, 0.1) is 15.7 Å². The van der Waals surface area contributed by atoms with E-state index in [1.165, 1.54) is 25.6 Å². The second-order valence-corrected chi connectivity index (χ2v) is 11.4. The first kappa shape index (κ1) is 23.3. The molecule has 196 valence electrons. The number of thiophene rings is 1. The Labute approximate surface area is 244 Å². The third kappa shape index (κ3) is 3.42. The zero-order valence-corrected chi connectivity index (χ0v) is 23.1. The first-order chi connectivity index (χ1) is 20.8. The SMILES string of the molecule is c1ccc(-c2nc(-c3ccccc3)nc(-n3c4c5ccncc5ccc4c4ccc5c6ccccc6sc5c43)n2)cc1. The van der Waals surface area contributed by atoms with Gasteiger partial charge >= 0.3 is 0 Å². The predicted molar refractivity (Wildman–Crippen MR) is 173 cm³/mol. The number of pyridine rings is 1. The molecule has 0 saturated heterocycles. The Morgan fingerprint density at radius 3 is 1.90 bits per heavy atom. The molecule has 6 heteroatoms. The summed E-state index contributed by atoms with van der Waals surface area (Å²) in [6.07, 6.45) is 3.78. The van der Waals surface area contributed by atoms with Crippen LogP contribution in [0.1, 0.15) is 0 Å². The minimum atomic E-state index is 0.594. The monoisotopic (exact) mass is 555 g/mol. The lowest BCUT2D eigenvalue weighted by molar-refractivity contribution is 0.957. The molecule has 0 spiro atoms. The van der Waals surface area contributed by atoms with Crippen LogP contribution in [0.4, 0.5) is 0 Å². The molecule has 9 rings (SSSR count). The molecule has 5 aromatic carbocycles. The van der Waals surface area contributed by atoms with Crippen LogP contribution in [-0.4, -0.2) is 24.5 Å². The lowest BCUT2D eigenvalue weighted by atomic mass is 10.1. The van der Waals surface area contributed by atoms with Gasteiger partial charge in [-0.3, -0.25) is 9.55 Å². The van der Waals surface area contributed by atoms with Gasteiger partial charge in [0.2, 0.25) is 5.95 Å². The van der Waals surface area contributed by atoms with Gasteiger partial charge in [-0.1, -0.05) is 103 Å². The summed E-state index contributed by atoms with van der Waals surface area (Å²) in [6, 6.07) is 39.8. The van der Waals surface area contributed by atoms with Gasteiger partial charge in [0.15, 0.2) is 11.6 Å². The summed E-state index contributed by atoms with van der Waals surface area (Å²) in [5, 5.41) is 7.00. The van der Waals surface area contributed by atoms with E-state index in [0.717, 1.165) is 38.3 Å². The van der Waals surface area contributed by atoms with Crippen LogP contribution in [0.15, 0.2) is 128 Å². The highest BCUT2D eigenvalue weighted by Crippen LogP contribution is 2.44. The van der Waals surface area contributed by atoms with Crippen molar-refractivity contribution in [1.82, 2.24) is 24.5 Å². The summed E-state index contributed by atoms with van der Waals surface area (Å²) >= 11 is 1.82. The highest BCUT2D eigenvalue weighted by Gasteiger charge is 2.22. The number of hydrogen-bond donors (Lipinski definition) is 0. The summed E-state index contributed by atoms with van der Waals surface area (Å²) < 4.78 is 4.73. The highest BCUT2D eigenvalue weighted by molar-refractivity contribution is 7.26. The Balaban J connectivity index is 1.49. The van der Waals surface area contributed by atoms with E-state index in [0.29, 0.717) is 17.6 Å². The van der Waals surface area contributed by atoms with Gasteiger partial charge in [-0.2, -0.15) is 9.97 Å². The second kappa shape index (κ2) is 9.03. The van der Waals surface area contributed by atoms with Gasteiger partial charge in [-0.05, 0) is 12.1 Å². The zero-order valence-electron chi connectivity index (χ0n) is 22.3. The third-order valence-electron chi connectivity index (χ3n) is 7.94. The maximum absolute atomic E-state index is 5.17. The van der Waals surface area contributed by atoms with Crippen molar-refractivity contribution < 1.29 is 0 Å². The Kier molecular flexibility index (Phi) is 5.00. The van der Waals surface area contributed by atoms with Crippen molar-refractivity contribution in [1.29, 1.82) is 0 Å². The van der Waals surface area contributed by atoms with Crippen LogP contribution in [0, 0.1) is 0 Å². The Bertz CT molecular complexity index is 2400. The predicted octanol–water partition coefficient (Wildman–Crippen LogP) is 9.22. The highest BCUT2D eigenvalue weighted by atomic mass is 32.1. The average Bonchev–Trinajstić information content (AvgIpc) is 3.62. The molecule has 0 radical (unpaired) electrons. The summed E-state index contributed by atoms with van der Waals surface area (Å²) in [6.45, 7) is 0. The fourth-order valence-corrected chi connectivity index (χ4v) is 7.27. The van der Waals surface area contributed by atoms with E-state index < -0.39 is 0 Å². The third-order valence-corrected chi connectivity index (χ3v) is 9.13. The maximum Gasteiger partial charge on any atom is 0.238 e. The van der Waals surface area contributed by atoms with Gasteiger partial charge in [0.1, 0.15) is 0 Å². The number of aromatic nitrogens is 5. The summed E-state index contributed by atoms with van der Waals surface area (Å²) in [7, 11) is 0. The molecule has 0 aliphatic heterocycles. The van der Waals surface area contributed by atoms with Crippen molar-refractivity contribution in [3.05, 3.63) is 128 Å². The molecule has 0 aliphatic carbocycles. The van der Waals surface area contributed by atoms with E-state index >= 15 is 0 Å². The Hall–Kier alpha value is -5.46. The van der Waals surface area contributed by atoms with Crippen LogP contribution in [-0.2, 0) is 0 Å². The fraction of sp³-hybridized carbons (Fsp3) is 0. The van der Waals surface area contributed by atoms with Gasteiger partial charge in [-0.25, -0.2) is 4.98 Å². The maximum atomic E-state index is 5.17. The van der Waals surface area contributed by atoms with Gasteiger partial charge in [0, 0.05) is 60.5 Å². The number of fused-ring (bicyclic) bond motifs is 9. The number of nitrogens with zero attached hydrogens (tertiary/aromatic N) is 5. The quantitative estimate of drug-likeness (QED) is 0.218. The van der Waals surface area contributed by atoms with Crippen molar-refractivity contribution >= 4 is 64.1 Å². The summed E-state index contributed by atoms with van der Waals surface area (Å²) in [5.74, 6) is 1.87. The molecule has 0 atom stereocenters. The zero-order chi connectivity index (χ0) is 27.6. The topological polar surface area (TPSA) is 56.5 Å². The van der Waals surface area contributed by atoms with Crippen LogP contribution in [0.2, 0.25) is 0 Å².